The molecule has 0 atom stereocenters. The Morgan fingerprint density at radius 2 is 1.85 bits per heavy atom. The zero-order chi connectivity index (χ0) is 18.6. The summed E-state index contributed by atoms with van der Waals surface area (Å²) < 4.78 is 0. The smallest absolute Gasteiger partial charge is 0.0478 e. The second-order valence-corrected chi connectivity index (χ2v) is 11.0. The highest BCUT2D eigenvalue weighted by Crippen LogP contribution is 2.44. The minimum atomic E-state index is 1.01. The summed E-state index contributed by atoms with van der Waals surface area (Å²) in [5.41, 5.74) is 1.36. The van der Waals surface area contributed by atoms with Crippen molar-refractivity contribution in [1.29, 1.82) is 0 Å². The van der Waals surface area contributed by atoms with Crippen LogP contribution in [0, 0.1) is 6.92 Å². The number of rotatable bonds is 7. The maximum absolute atomic E-state index is 3.90. The summed E-state index contributed by atoms with van der Waals surface area (Å²) in [6, 6.07) is 15.5. The van der Waals surface area contributed by atoms with Crippen LogP contribution in [-0.4, -0.2) is 0 Å². The molecule has 0 spiro atoms. The zero-order valence-corrected chi connectivity index (χ0v) is 18.9. The molecule has 0 saturated carbocycles. The number of thiophene rings is 4. The molecule has 0 amide bonds. The number of aryl methyl sites for hydroxylation is 1. The molecule has 27 heavy (non-hydrogen) atoms. The van der Waals surface area contributed by atoms with Crippen molar-refractivity contribution in [3.8, 4) is 19.5 Å². The third-order valence-corrected chi connectivity index (χ3v) is 9.89. The van der Waals surface area contributed by atoms with Gasteiger partial charge in [0.15, 0.2) is 0 Å². The predicted molar refractivity (Wildman–Crippen MR) is 129 cm³/mol. The van der Waals surface area contributed by atoms with E-state index in [4.69, 9.17) is 0 Å². The van der Waals surface area contributed by atoms with Gasteiger partial charge in [0.25, 0.3) is 0 Å². The number of hydrogen-bond acceptors (Lipinski definition) is 5. The second kappa shape index (κ2) is 8.76. The van der Waals surface area contributed by atoms with Crippen LogP contribution in [0.5, 0.6) is 0 Å². The molecule has 0 N–H and O–H groups in total. The standard InChI is InChI=1S/C22H18S5/c1-3-6-17(25-14-16-7-4-11-23-16)19-9-10-20(26-19)22-15(2)13-21(27-22)18-8-5-12-24-18/h3-13H,1,14H2,2H3/b17-6-. The van der Waals surface area contributed by atoms with Gasteiger partial charge in [0.1, 0.15) is 0 Å². The van der Waals surface area contributed by atoms with Crippen LogP contribution in [0.25, 0.3) is 24.4 Å². The summed E-state index contributed by atoms with van der Waals surface area (Å²) in [7, 11) is 0. The second-order valence-electron chi connectivity index (χ2n) is 5.90. The van der Waals surface area contributed by atoms with E-state index in [1.807, 2.05) is 51.8 Å². The van der Waals surface area contributed by atoms with Crippen molar-refractivity contribution in [3.63, 3.8) is 0 Å². The summed E-state index contributed by atoms with van der Waals surface area (Å²) in [5.74, 6) is 1.01. The van der Waals surface area contributed by atoms with Crippen LogP contribution in [-0.2, 0) is 5.75 Å². The average Bonchev–Trinajstić information content (AvgIpc) is 3.46. The molecule has 4 aromatic heterocycles. The zero-order valence-electron chi connectivity index (χ0n) is 14.8. The molecular formula is C22H18S5. The fraction of sp³-hybridized carbons (Fsp3) is 0.0909. The van der Waals surface area contributed by atoms with Gasteiger partial charge in [-0.3, -0.25) is 0 Å². The van der Waals surface area contributed by atoms with Crippen molar-refractivity contribution in [3.05, 3.63) is 87.3 Å². The van der Waals surface area contributed by atoms with Gasteiger partial charge in [0.2, 0.25) is 0 Å². The van der Waals surface area contributed by atoms with E-state index >= 15 is 0 Å². The molecule has 4 rings (SSSR count). The topological polar surface area (TPSA) is 0 Å². The largest absolute Gasteiger partial charge is 0.148 e. The predicted octanol–water partition coefficient (Wildman–Crippen LogP) is 9.04. The molecule has 0 aliphatic rings. The van der Waals surface area contributed by atoms with Crippen molar-refractivity contribution >= 4 is 62.0 Å². The lowest BCUT2D eigenvalue weighted by molar-refractivity contribution is 1.56. The van der Waals surface area contributed by atoms with Crippen LogP contribution in [0.2, 0.25) is 0 Å². The van der Waals surface area contributed by atoms with Gasteiger partial charge in [-0.1, -0.05) is 24.8 Å². The summed E-state index contributed by atoms with van der Waals surface area (Å²) >= 11 is 9.28. The number of allylic oxidation sites excluding steroid dienone is 2. The minimum absolute atomic E-state index is 1.01. The first-order chi connectivity index (χ1) is 13.2. The van der Waals surface area contributed by atoms with Gasteiger partial charge in [0.05, 0.1) is 0 Å². The summed E-state index contributed by atoms with van der Waals surface area (Å²) in [6.07, 6.45) is 4.02. The Morgan fingerprint density at radius 1 is 1.00 bits per heavy atom. The number of hydrogen-bond donors (Lipinski definition) is 0. The van der Waals surface area contributed by atoms with Gasteiger partial charge in [-0.05, 0) is 59.7 Å². The third kappa shape index (κ3) is 4.39. The fourth-order valence-electron chi connectivity index (χ4n) is 2.71. The van der Waals surface area contributed by atoms with Crippen LogP contribution in [0.1, 0.15) is 15.3 Å². The van der Waals surface area contributed by atoms with Gasteiger partial charge < -0.3 is 0 Å². The first-order valence-corrected chi connectivity index (χ1v) is 12.8. The van der Waals surface area contributed by atoms with Crippen LogP contribution < -0.4 is 0 Å². The average molecular weight is 443 g/mol. The van der Waals surface area contributed by atoms with Gasteiger partial charge in [0, 0.05) is 39.9 Å². The van der Waals surface area contributed by atoms with Gasteiger partial charge in [-0.15, -0.1) is 57.1 Å². The molecule has 4 heterocycles. The first-order valence-electron chi connectivity index (χ1n) is 8.47. The van der Waals surface area contributed by atoms with E-state index in [0.717, 1.165) is 5.75 Å². The highest BCUT2D eigenvalue weighted by molar-refractivity contribution is 8.07. The van der Waals surface area contributed by atoms with Gasteiger partial charge in [-0.2, -0.15) is 0 Å². The van der Waals surface area contributed by atoms with Crippen molar-refractivity contribution < 1.29 is 0 Å². The molecule has 0 aromatic carbocycles. The normalized spacial score (nSPS) is 11.8. The SMILES string of the molecule is C=C/C=C(\SCc1cccs1)c1ccc(-c2sc(-c3cccs3)cc2C)s1. The lowest BCUT2D eigenvalue weighted by atomic mass is 10.2. The van der Waals surface area contributed by atoms with Gasteiger partial charge >= 0.3 is 0 Å². The summed E-state index contributed by atoms with van der Waals surface area (Å²) in [4.78, 5) is 9.46. The van der Waals surface area contributed by atoms with Crippen molar-refractivity contribution in [2.24, 2.45) is 0 Å². The highest BCUT2D eigenvalue weighted by Gasteiger charge is 2.14. The molecule has 0 aliphatic carbocycles. The third-order valence-electron chi connectivity index (χ3n) is 3.97. The Morgan fingerprint density at radius 3 is 2.59 bits per heavy atom. The van der Waals surface area contributed by atoms with E-state index < -0.39 is 0 Å². The molecule has 0 radical (unpaired) electrons. The van der Waals surface area contributed by atoms with Crippen LogP contribution in [0.3, 0.4) is 0 Å². The van der Waals surface area contributed by atoms with Crippen molar-refractivity contribution in [2.45, 2.75) is 12.7 Å². The maximum Gasteiger partial charge on any atom is 0.0478 e. The fourth-order valence-corrected chi connectivity index (χ4v) is 7.85. The lowest BCUT2D eigenvalue weighted by Gasteiger charge is -2.03. The molecule has 0 saturated heterocycles. The highest BCUT2D eigenvalue weighted by atomic mass is 32.2. The first kappa shape index (κ1) is 19.0. The van der Waals surface area contributed by atoms with Crippen LogP contribution in [0.15, 0.2) is 72.0 Å². The Kier molecular flexibility index (Phi) is 6.15. The monoisotopic (exact) mass is 442 g/mol. The maximum atomic E-state index is 3.90. The van der Waals surface area contributed by atoms with E-state index in [2.05, 4.69) is 72.8 Å². The molecule has 0 fully saturated rings. The van der Waals surface area contributed by atoms with E-state index in [-0.39, 0.29) is 0 Å². The molecule has 0 nitrogen and oxygen atoms in total. The van der Waals surface area contributed by atoms with Crippen LogP contribution >= 0.6 is 57.1 Å². The minimum Gasteiger partial charge on any atom is -0.148 e. The Hall–Kier alpha value is -1.37. The lowest BCUT2D eigenvalue weighted by Crippen LogP contribution is -1.76. The van der Waals surface area contributed by atoms with E-state index in [1.165, 1.54) is 39.7 Å². The Labute approximate surface area is 180 Å². The molecule has 4 aromatic rings. The van der Waals surface area contributed by atoms with E-state index in [9.17, 15) is 0 Å². The molecule has 136 valence electrons. The van der Waals surface area contributed by atoms with Crippen molar-refractivity contribution in [1.82, 2.24) is 0 Å². The molecule has 0 bridgehead atoms. The summed E-state index contributed by atoms with van der Waals surface area (Å²) in [6.45, 7) is 6.12. The number of thioether (sulfide) groups is 1. The van der Waals surface area contributed by atoms with Crippen molar-refractivity contribution in [2.75, 3.05) is 0 Å². The quantitative estimate of drug-likeness (QED) is 0.257. The van der Waals surface area contributed by atoms with E-state index in [0.29, 0.717) is 0 Å². The van der Waals surface area contributed by atoms with Gasteiger partial charge in [-0.25, -0.2) is 0 Å². The Balaban J connectivity index is 1.58. The summed E-state index contributed by atoms with van der Waals surface area (Å²) in [5, 5.41) is 4.28. The molecule has 0 unspecified atom stereocenters. The molecule has 5 heteroatoms. The molecule has 0 aliphatic heterocycles. The Bertz CT molecular complexity index is 1040. The van der Waals surface area contributed by atoms with E-state index in [1.54, 1.807) is 11.3 Å². The molecular weight excluding hydrogens is 425 g/mol. The van der Waals surface area contributed by atoms with Crippen LogP contribution in [0.4, 0.5) is 0 Å².